The topological polar surface area (TPSA) is 3.24 Å². The van der Waals surface area contributed by atoms with Crippen molar-refractivity contribution in [1.82, 2.24) is 4.90 Å². The molecule has 16 heavy (non-hydrogen) atoms. The summed E-state index contributed by atoms with van der Waals surface area (Å²) in [5, 5.41) is 0. The fourth-order valence-corrected chi connectivity index (χ4v) is 3.13. The lowest BCUT2D eigenvalue weighted by Crippen LogP contribution is -2.34. The summed E-state index contributed by atoms with van der Waals surface area (Å²) in [5.74, 6) is 0.677. The van der Waals surface area contributed by atoms with Crippen LogP contribution in [-0.2, 0) is 0 Å². The van der Waals surface area contributed by atoms with Gasteiger partial charge in [-0.25, -0.2) is 0 Å². The van der Waals surface area contributed by atoms with Crippen LogP contribution in [0.5, 0.6) is 0 Å². The Balaban J connectivity index is 2.14. The van der Waals surface area contributed by atoms with E-state index in [1.54, 1.807) is 0 Å². The van der Waals surface area contributed by atoms with Crippen molar-refractivity contribution in [3.05, 3.63) is 34.3 Å². The van der Waals surface area contributed by atoms with Crippen LogP contribution in [0.3, 0.4) is 0 Å². The summed E-state index contributed by atoms with van der Waals surface area (Å²) in [4.78, 5) is 2.51. The molecule has 88 valence electrons. The first kappa shape index (κ1) is 12.4. The quantitative estimate of drug-likeness (QED) is 0.756. The number of benzene rings is 1. The van der Waals surface area contributed by atoms with Crippen LogP contribution in [0.15, 0.2) is 28.7 Å². The molecule has 2 rings (SSSR count). The number of likely N-dealkylation sites (tertiary alicyclic amines) is 1. The third-order valence-electron chi connectivity index (χ3n) is 3.21. The molecule has 0 radical (unpaired) electrons. The summed E-state index contributed by atoms with van der Waals surface area (Å²) in [6.07, 6.45) is 3.98. The second-order valence-corrected chi connectivity index (χ2v) is 5.55. The Kier molecular flexibility index (Phi) is 4.68. The summed E-state index contributed by atoms with van der Waals surface area (Å²) in [7, 11) is 0. The zero-order chi connectivity index (χ0) is 11.4. The van der Waals surface area contributed by atoms with E-state index < -0.39 is 0 Å². The molecule has 0 amide bonds. The summed E-state index contributed by atoms with van der Waals surface area (Å²) in [6, 6.07) is 8.88. The zero-order valence-corrected chi connectivity index (χ0v) is 11.7. The van der Waals surface area contributed by atoms with Crippen molar-refractivity contribution in [2.45, 2.75) is 25.3 Å². The molecule has 1 aliphatic rings. The van der Waals surface area contributed by atoms with Gasteiger partial charge in [0, 0.05) is 16.4 Å². The molecule has 0 saturated carbocycles. The highest BCUT2D eigenvalue weighted by atomic mass is 79.9. The predicted molar refractivity (Wildman–Crippen MR) is 73.0 cm³/mol. The first-order valence-electron chi connectivity index (χ1n) is 5.87. The number of halogens is 2. The fraction of sp³-hybridized carbons (Fsp3) is 0.538. The Hall–Kier alpha value is -0.0500. The van der Waals surface area contributed by atoms with Gasteiger partial charge in [0.15, 0.2) is 0 Å². The van der Waals surface area contributed by atoms with Gasteiger partial charge in [-0.1, -0.05) is 34.5 Å². The van der Waals surface area contributed by atoms with Gasteiger partial charge in [-0.2, -0.15) is 0 Å². The number of hydrogen-bond acceptors (Lipinski definition) is 1. The molecule has 1 atom stereocenters. The molecule has 1 aromatic rings. The summed E-state index contributed by atoms with van der Waals surface area (Å²) < 4.78 is 1.14. The number of rotatable bonds is 3. The van der Waals surface area contributed by atoms with Crippen molar-refractivity contribution in [2.24, 2.45) is 0 Å². The van der Waals surface area contributed by atoms with E-state index in [1.165, 1.54) is 37.9 Å². The zero-order valence-electron chi connectivity index (χ0n) is 9.33. The van der Waals surface area contributed by atoms with E-state index in [9.17, 15) is 0 Å². The number of piperidine rings is 1. The van der Waals surface area contributed by atoms with Gasteiger partial charge in [0.05, 0.1) is 0 Å². The Labute approximate surface area is 111 Å². The Morgan fingerprint density at radius 3 is 2.62 bits per heavy atom. The van der Waals surface area contributed by atoms with Crippen LogP contribution in [0.1, 0.15) is 30.9 Å². The van der Waals surface area contributed by atoms with Gasteiger partial charge in [0.25, 0.3) is 0 Å². The predicted octanol–water partition coefficient (Wildman–Crippen LogP) is 4.21. The Bertz CT molecular complexity index is 336. The van der Waals surface area contributed by atoms with E-state index in [0.29, 0.717) is 11.9 Å². The second-order valence-electron chi connectivity index (χ2n) is 4.32. The van der Waals surface area contributed by atoms with E-state index in [-0.39, 0.29) is 0 Å². The van der Waals surface area contributed by atoms with Crippen molar-refractivity contribution >= 4 is 27.5 Å². The molecular weight excluding hydrogens is 286 g/mol. The van der Waals surface area contributed by atoms with Gasteiger partial charge in [-0.3, -0.25) is 4.90 Å². The first-order chi connectivity index (χ1) is 7.81. The minimum absolute atomic E-state index is 0.375. The minimum atomic E-state index is 0.375. The normalized spacial score (nSPS) is 19.6. The molecular formula is C13H17BrClN. The van der Waals surface area contributed by atoms with E-state index in [4.69, 9.17) is 11.6 Å². The van der Waals surface area contributed by atoms with Crippen LogP contribution in [0, 0.1) is 0 Å². The fourth-order valence-electron chi connectivity index (χ4n) is 2.34. The van der Waals surface area contributed by atoms with Crippen LogP contribution in [-0.4, -0.2) is 23.9 Å². The molecule has 1 nitrogen and oxygen atoms in total. The molecule has 0 spiro atoms. The highest BCUT2D eigenvalue weighted by molar-refractivity contribution is 9.10. The summed E-state index contributed by atoms with van der Waals surface area (Å²) in [6.45, 7) is 2.37. The molecule has 0 bridgehead atoms. The van der Waals surface area contributed by atoms with E-state index in [0.717, 1.165) is 4.47 Å². The third-order valence-corrected chi connectivity index (χ3v) is 4.00. The third kappa shape index (κ3) is 2.99. The van der Waals surface area contributed by atoms with Gasteiger partial charge in [0.1, 0.15) is 0 Å². The summed E-state index contributed by atoms with van der Waals surface area (Å²) in [5.41, 5.74) is 1.33. The number of alkyl halides is 1. The molecule has 0 aromatic heterocycles. The van der Waals surface area contributed by atoms with Crippen LogP contribution >= 0.6 is 27.5 Å². The lowest BCUT2D eigenvalue weighted by molar-refractivity contribution is 0.177. The number of nitrogens with zero attached hydrogens (tertiary/aromatic N) is 1. The maximum absolute atomic E-state index is 6.13. The molecule has 0 aliphatic carbocycles. The first-order valence-corrected chi connectivity index (χ1v) is 7.19. The van der Waals surface area contributed by atoms with Crippen molar-refractivity contribution in [2.75, 3.05) is 19.0 Å². The molecule has 0 N–H and O–H groups in total. The average Bonchev–Trinajstić information content (AvgIpc) is 2.31. The SMILES string of the molecule is ClCC(c1cccc(Br)c1)N1CCCCC1. The average molecular weight is 303 g/mol. The largest absolute Gasteiger partial charge is 0.295 e. The highest BCUT2D eigenvalue weighted by Crippen LogP contribution is 2.27. The van der Waals surface area contributed by atoms with Crippen LogP contribution in [0.4, 0.5) is 0 Å². The molecule has 1 fully saturated rings. The Morgan fingerprint density at radius 2 is 2.00 bits per heavy atom. The standard InChI is InChI=1S/C13H17BrClN/c14-12-6-4-5-11(9-12)13(10-15)16-7-2-1-3-8-16/h4-6,9,13H,1-3,7-8,10H2. The Morgan fingerprint density at radius 1 is 1.25 bits per heavy atom. The van der Waals surface area contributed by atoms with Gasteiger partial charge in [-0.15, -0.1) is 11.6 Å². The molecule has 1 aliphatic heterocycles. The lowest BCUT2D eigenvalue weighted by Gasteiger charge is -2.33. The monoisotopic (exact) mass is 301 g/mol. The van der Waals surface area contributed by atoms with Crippen molar-refractivity contribution in [1.29, 1.82) is 0 Å². The molecule has 1 unspecified atom stereocenters. The highest BCUT2D eigenvalue weighted by Gasteiger charge is 2.21. The van der Waals surface area contributed by atoms with Crippen LogP contribution in [0.2, 0.25) is 0 Å². The van der Waals surface area contributed by atoms with Crippen LogP contribution in [0.25, 0.3) is 0 Å². The molecule has 1 aromatic carbocycles. The molecule has 3 heteroatoms. The second kappa shape index (κ2) is 6.04. The maximum Gasteiger partial charge on any atom is 0.0483 e. The van der Waals surface area contributed by atoms with E-state index in [2.05, 4.69) is 45.1 Å². The molecule has 1 saturated heterocycles. The minimum Gasteiger partial charge on any atom is -0.295 e. The van der Waals surface area contributed by atoms with Crippen molar-refractivity contribution in [3.8, 4) is 0 Å². The van der Waals surface area contributed by atoms with Crippen LogP contribution < -0.4 is 0 Å². The molecule has 1 heterocycles. The van der Waals surface area contributed by atoms with E-state index >= 15 is 0 Å². The smallest absolute Gasteiger partial charge is 0.0483 e. The lowest BCUT2D eigenvalue weighted by atomic mass is 10.0. The maximum atomic E-state index is 6.13. The van der Waals surface area contributed by atoms with Gasteiger partial charge in [-0.05, 0) is 43.6 Å². The van der Waals surface area contributed by atoms with Crippen molar-refractivity contribution in [3.63, 3.8) is 0 Å². The summed E-state index contributed by atoms with van der Waals surface area (Å²) >= 11 is 9.65. The number of hydrogen-bond donors (Lipinski definition) is 0. The van der Waals surface area contributed by atoms with Gasteiger partial charge in [0.2, 0.25) is 0 Å². The van der Waals surface area contributed by atoms with Gasteiger partial charge >= 0.3 is 0 Å². The van der Waals surface area contributed by atoms with Crippen molar-refractivity contribution < 1.29 is 0 Å². The van der Waals surface area contributed by atoms with E-state index in [1.807, 2.05) is 0 Å². The van der Waals surface area contributed by atoms with Gasteiger partial charge < -0.3 is 0 Å².